The van der Waals surface area contributed by atoms with Gasteiger partial charge in [0.1, 0.15) is 91.6 Å². The summed E-state index contributed by atoms with van der Waals surface area (Å²) in [5.41, 5.74) is 0.976. The van der Waals surface area contributed by atoms with Crippen molar-refractivity contribution in [1.82, 2.24) is 48.2 Å². The van der Waals surface area contributed by atoms with Crippen molar-refractivity contribution in [2.45, 2.75) is 201 Å². The predicted molar refractivity (Wildman–Crippen MR) is 528 cm³/mol. The summed E-state index contributed by atoms with van der Waals surface area (Å²) in [6.07, 6.45) is -1.40. The summed E-state index contributed by atoms with van der Waals surface area (Å²) in [5.74, 6) is 0. The molecule has 22 rings (SSSR count). The zero-order valence-electron chi connectivity index (χ0n) is 84.9. The van der Waals surface area contributed by atoms with Crippen LogP contribution in [0.4, 0.5) is 8.78 Å². The molecule has 0 amide bonds. The van der Waals surface area contributed by atoms with E-state index in [0.29, 0.717) is 41.0 Å². The Morgan fingerprint density at radius 2 is 0.660 bits per heavy atom. The SMILES string of the molecule is C1CCOC1.CO.Cc1c[nH]c(=O)[nH]c1=O.Cc1cn(C2COC3COC(c4ccccc4)OC3C2F)c(=O)[nH]c1=O.Cc1cn(C2COC3COC(c4ccccc4)OC3C2O)c(=O)[nH]c1=O.Cc1cn(C2COC3COC(c4ccccc4)OC3C2O)c(=O)[nH]c1=O.Cc1cn(C2COC3COC(c4ccccc4)OC3C2OS(C)(=O)=O)c(=O)[nH]c1=O.ClCCl.[2H]CF.[2H][B].[Na+].[OH-].[U].c1ccc(C2OCC3OC[C@@H]4O[C@@H]4C3O2)cc1. The second kappa shape index (κ2) is 59.7. The smallest absolute Gasteiger partial charge is 0.870 e. The van der Waals surface area contributed by atoms with Gasteiger partial charge in [-0.15, -0.1) is 23.2 Å². The Morgan fingerprint density at radius 1 is 0.400 bits per heavy atom. The number of nitrogens with one attached hydrogen (secondary N) is 6. The molecule has 17 heterocycles. The number of hydrogen-bond acceptors (Lipinski definition) is 34. The molecule has 5 aromatic carbocycles. The van der Waals surface area contributed by atoms with Gasteiger partial charge in [-0.05, 0) is 48.8 Å². The molecule has 808 valence electrons. The first-order valence-corrected chi connectivity index (χ1v) is 49.5. The number of fused-ring (bicyclic) bond motifs is 7. The third-order valence-electron chi connectivity index (χ3n) is 25.0. The number of aromatic amines is 6. The first-order valence-electron chi connectivity index (χ1n) is 47.9. The molecule has 52 heteroatoms. The van der Waals surface area contributed by atoms with Gasteiger partial charge < -0.3 is 106 Å². The van der Waals surface area contributed by atoms with Crippen LogP contribution in [0.3, 0.4) is 0 Å². The number of nitrogens with zero attached hydrogens (tertiary/aromatic N) is 4. The van der Waals surface area contributed by atoms with E-state index in [1.54, 1.807) is 34.6 Å². The Bertz CT molecular complexity index is 6310. The molecule has 10 aromatic rings. The monoisotopic (exact) mass is 2390 g/mol. The average molecular weight is 2400 g/mol. The Morgan fingerprint density at radius 3 is 0.980 bits per heavy atom. The second-order valence-corrected chi connectivity index (χ2v) is 37.3. The van der Waals surface area contributed by atoms with E-state index < -0.39 is 191 Å². The minimum absolute atomic E-state index is 0. The fraction of sp³-hybridized carbons (Fsp3) is 0.490. The number of H-pyrrole nitrogens is 6. The van der Waals surface area contributed by atoms with Gasteiger partial charge in [-0.1, -0.05) is 152 Å². The number of ether oxygens (including phenoxy) is 17. The number of alkyl halides is 4. The minimum atomic E-state index is -3.89. The maximum absolute atomic E-state index is 15.3. The summed E-state index contributed by atoms with van der Waals surface area (Å²) in [4.78, 5) is 130. The molecule has 44 nitrogen and oxygen atoms in total. The topological polar surface area (TPSA) is 579 Å². The van der Waals surface area contributed by atoms with Gasteiger partial charge in [-0.3, -0.25) is 75.7 Å². The van der Waals surface area contributed by atoms with E-state index in [0.717, 1.165) is 54.4 Å². The molecule has 23 unspecified atom stereocenters. The van der Waals surface area contributed by atoms with E-state index >= 15 is 4.39 Å². The quantitative estimate of drug-likeness (QED) is 0.0380. The molecule has 0 spiro atoms. The molecule has 0 saturated carbocycles. The number of aliphatic hydroxyl groups excluding tert-OH is 3. The zero-order chi connectivity index (χ0) is 107. The number of aliphatic hydroxyl groups is 3. The van der Waals surface area contributed by atoms with Crippen LogP contribution in [-0.4, -0.2) is 290 Å². The Labute approximate surface area is 917 Å². The molecule has 150 heavy (non-hydrogen) atoms. The third-order valence-corrected chi connectivity index (χ3v) is 25.5. The van der Waals surface area contributed by atoms with Crippen molar-refractivity contribution in [3.63, 3.8) is 0 Å². The van der Waals surface area contributed by atoms with Gasteiger partial charge in [-0.2, -0.15) is 8.42 Å². The van der Waals surface area contributed by atoms with Gasteiger partial charge >= 0.3 is 58.0 Å². The van der Waals surface area contributed by atoms with Crippen LogP contribution in [0.1, 0.15) is 125 Å². The third kappa shape index (κ3) is 32.4. The number of hydrogen-bond donors (Lipinski definition) is 9. The van der Waals surface area contributed by atoms with E-state index in [9.17, 15) is 71.0 Å². The van der Waals surface area contributed by atoms with Crippen LogP contribution in [0.25, 0.3) is 0 Å². The van der Waals surface area contributed by atoms with Crippen molar-refractivity contribution in [3.05, 3.63) is 342 Å². The van der Waals surface area contributed by atoms with Gasteiger partial charge in [0.2, 0.25) is 0 Å². The van der Waals surface area contributed by atoms with Gasteiger partial charge in [0.05, 0.1) is 110 Å². The van der Waals surface area contributed by atoms with E-state index in [4.69, 9.17) is 116 Å². The summed E-state index contributed by atoms with van der Waals surface area (Å²) >= 11 is 9.53. The summed E-state index contributed by atoms with van der Waals surface area (Å²) in [5, 5.41) is 28.9. The molecule has 10 N–H and O–H groups in total. The van der Waals surface area contributed by atoms with Crippen molar-refractivity contribution in [1.29, 1.82) is 1.34 Å². The molecular formula is C98H120BCl2F2N10NaO34SU. The Kier molecular flexibility index (Phi) is 48.3. The number of aromatic nitrogens is 10. The molecule has 12 saturated heterocycles. The Hall–Kier alpha value is -8.87. The summed E-state index contributed by atoms with van der Waals surface area (Å²) in [6, 6.07) is 44.3. The van der Waals surface area contributed by atoms with Crippen LogP contribution in [0.2, 0.25) is 0 Å². The fourth-order valence-electron chi connectivity index (χ4n) is 17.4. The molecule has 0 bridgehead atoms. The van der Waals surface area contributed by atoms with Crippen molar-refractivity contribution in [2.75, 3.05) is 105 Å². The summed E-state index contributed by atoms with van der Waals surface area (Å²) < 4.78 is 168. The van der Waals surface area contributed by atoms with E-state index in [-0.39, 0.29) is 161 Å². The molecule has 0 aliphatic carbocycles. The molecule has 12 aliphatic rings. The molecule has 2 radical (unpaired) electrons. The van der Waals surface area contributed by atoms with Crippen molar-refractivity contribution in [2.24, 2.45) is 0 Å². The van der Waals surface area contributed by atoms with E-state index in [2.05, 4.69) is 38.3 Å². The number of epoxide rings is 1. The number of aryl methyl sites for hydroxylation is 5. The number of halogens is 4. The maximum Gasteiger partial charge on any atom is 1.00 e. The molecule has 25 atom stereocenters. The first-order chi connectivity index (χ1) is 71.8. The molecule has 12 fully saturated rings. The van der Waals surface area contributed by atoms with Gasteiger partial charge in [0, 0.05) is 146 Å². The van der Waals surface area contributed by atoms with Crippen LogP contribution in [0, 0.1) is 65.7 Å². The van der Waals surface area contributed by atoms with Crippen LogP contribution < -0.4 is 85.8 Å². The predicted octanol–water partition coefficient (Wildman–Crippen LogP) is 1.23. The zero-order valence-corrected chi connectivity index (χ0v) is 91.4. The van der Waals surface area contributed by atoms with E-state index in [1.165, 1.54) is 62.1 Å². The normalized spacial score (nSPS) is 28.8. The van der Waals surface area contributed by atoms with Gasteiger partial charge in [-0.25, -0.2) is 28.4 Å². The van der Waals surface area contributed by atoms with Crippen molar-refractivity contribution in [3.8, 4) is 0 Å². The minimum Gasteiger partial charge on any atom is -0.870 e. The van der Waals surface area contributed by atoms with Gasteiger partial charge in [0.25, 0.3) is 37.9 Å². The van der Waals surface area contributed by atoms with Crippen LogP contribution in [-0.2, 0) is 94.8 Å². The summed E-state index contributed by atoms with van der Waals surface area (Å²) in [6.45, 7) is 12.3. The standard InChI is InChI=1S/C19H22N2O8S.C18H19FN2O5.2C18H20N2O6.C13H14O4.C5H6N2O2.C4H8O.CH2Cl2.CH3F.CH4O.BH.Na.H2O.U/c1-11-8-21(19(23)20-17(11)22)13-9-26-14-10-27-18(12-6-4-3-5-7-12)28-16(14)15(13)29-30(2,24)25;1-10-7-21(18(23)20-16(10)22)12-8-24-13-9-25-17(26-15(13)14(12)19)11-5-3-2-4-6-11;2*1-10-7-20(18(23)19-16(10)22)12-8-24-13-9-25-17(26-15(13)14(12)21)11-5-3-2-4-6-11;1-2-4-8(5-3-1)13-15-6-9-11(17-13)12-10(16-12)7-14-9;1-3-2-6-5(9)7-4(3)8;1-2-4-5-3-1;2-1-3;2*1-2;;;;/h3-8,13-16,18H,9-10H2,1-2H3,(H,20,22,23);2-7,12-15,17H,8-9H2,1H3,(H,20,22,23);2*2-7,12-15,17,21H,8-9H2,1H3,(H,19,22,23);1-5,9-13H,6-7H2;2H,1H3,(H2,6,7,8,9);1-4H2;1H2;1H3;2H,1H3;1H;;1H2;/q;;;;;;;;;;;+1;;/p-1/t;;;;9?,10-,11?,12-,13?;;;;;;;;;/m....0........./s1/i;;;;;;;;1D;;1D;;;. The number of benzene rings is 5. The van der Waals surface area contributed by atoms with Gasteiger partial charge in [0.15, 0.2) is 37.6 Å². The largest absolute Gasteiger partial charge is 1.00 e. The Balaban J connectivity index is 0.000000199. The maximum atomic E-state index is 15.3. The van der Waals surface area contributed by atoms with E-state index in [1.807, 2.05) is 152 Å². The average Bonchev–Trinajstić information content (AvgIpc) is 1.49. The second-order valence-electron chi connectivity index (χ2n) is 34.9. The van der Waals surface area contributed by atoms with Crippen molar-refractivity contribution < 1.29 is 185 Å². The fourth-order valence-corrected chi connectivity index (χ4v) is 18.0. The number of rotatable bonds is 11. The molecule has 5 aromatic heterocycles. The first kappa shape index (κ1) is 121. The van der Waals surface area contributed by atoms with Crippen LogP contribution in [0.5, 0.6) is 0 Å². The van der Waals surface area contributed by atoms with Crippen molar-refractivity contribution >= 4 is 41.7 Å². The molecule has 12 aliphatic heterocycles. The summed E-state index contributed by atoms with van der Waals surface area (Å²) in [7, 11) is -0.142. The van der Waals surface area contributed by atoms with Crippen LogP contribution in [0.15, 0.2) is 231 Å². The molecular weight excluding hydrogens is 2270 g/mol. The van der Waals surface area contributed by atoms with Crippen LogP contribution >= 0.6 is 23.2 Å².